The summed E-state index contributed by atoms with van der Waals surface area (Å²) in [4.78, 5) is 26.3. The van der Waals surface area contributed by atoms with E-state index in [1.807, 2.05) is 0 Å². The zero-order chi connectivity index (χ0) is 12.4. The molecule has 1 fully saturated rings. The van der Waals surface area contributed by atoms with Crippen LogP contribution in [0.2, 0.25) is 0 Å². The summed E-state index contributed by atoms with van der Waals surface area (Å²) in [5.41, 5.74) is 0.223. The fourth-order valence-electron chi connectivity index (χ4n) is 1.78. The standard InChI is InChI=1S/C11H14N2O4/c1-6-10(12-5-17-6)11(16)13-8(4-9(14)15)7-2-3-7/h5,7-8H,2-4H2,1H3,(H,13,16)(H,14,15)/t8-/m0/s1. The van der Waals surface area contributed by atoms with Crippen molar-refractivity contribution in [2.45, 2.75) is 32.2 Å². The molecular weight excluding hydrogens is 224 g/mol. The van der Waals surface area contributed by atoms with Crippen LogP contribution in [0.5, 0.6) is 0 Å². The number of aliphatic carboxylic acids is 1. The van der Waals surface area contributed by atoms with Gasteiger partial charge in [-0.2, -0.15) is 0 Å². The van der Waals surface area contributed by atoms with E-state index in [2.05, 4.69) is 10.3 Å². The highest BCUT2D eigenvalue weighted by Crippen LogP contribution is 2.34. The van der Waals surface area contributed by atoms with Crippen LogP contribution in [0.3, 0.4) is 0 Å². The molecule has 0 aromatic carbocycles. The van der Waals surface area contributed by atoms with Crippen LogP contribution in [0.4, 0.5) is 0 Å². The lowest BCUT2D eigenvalue weighted by molar-refractivity contribution is -0.137. The molecule has 1 saturated carbocycles. The molecule has 0 unspecified atom stereocenters. The number of carbonyl (C=O) groups is 2. The maximum absolute atomic E-state index is 11.8. The molecule has 6 nitrogen and oxygen atoms in total. The van der Waals surface area contributed by atoms with Crippen LogP contribution in [0, 0.1) is 12.8 Å². The Bertz CT molecular complexity index is 436. The third-order valence-electron chi connectivity index (χ3n) is 2.86. The number of aromatic nitrogens is 1. The summed E-state index contributed by atoms with van der Waals surface area (Å²) in [5.74, 6) is -0.553. The lowest BCUT2D eigenvalue weighted by Crippen LogP contribution is -2.38. The van der Waals surface area contributed by atoms with Gasteiger partial charge in [0.2, 0.25) is 0 Å². The van der Waals surface area contributed by atoms with Crippen molar-refractivity contribution in [3.63, 3.8) is 0 Å². The van der Waals surface area contributed by atoms with Gasteiger partial charge in [0.15, 0.2) is 12.1 Å². The lowest BCUT2D eigenvalue weighted by atomic mass is 10.1. The van der Waals surface area contributed by atoms with Gasteiger partial charge < -0.3 is 14.8 Å². The Morgan fingerprint density at radius 1 is 1.65 bits per heavy atom. The first-order valence-corrected chi connectivity index (χ1v) is 5.50. The highest BCUT2D eigenvalue weighted by molar-refractivity contribution is 5.93. The molecule has 0 saturated heterocycles. The zero-order valence-corrected chi connectivity index (χ0v) is 9.47. The summed E-state index contributed by atoms with van der Waals surface area (Å²) >= 11 is 0. The number of carboxylic acids is 1. The van der Waals surface area contributed by atoms with Gasteiger partial charge in [-0.15, -0.1) is 0 Å². The van der Waals surface area contributed by atoms with Crippen molar-refractivity contribution in [2.75, 3.05) is 0 Å². The molecule has 92 valence electrons. The predicted octanol–water partition coefficient (Wildman–Crippen LogP) is 0.966. The minimum absolute atomic E-state index is 0.0483. The Morgan fingerprint density at radius 3 is 2.82 bits per heavy atom. The number of nitrogens with zero attached hydrogens (tertiary/aromatic N) is 1. The maximum atomic E-state index is 11.8. The van der Waals surface area contributed by atoms with Gasteiger partial charge in [0.25, 0.3) is 5.91 Å². The number of oxazole rings is 1. The highest BCUT2D eigenvalue weighted by Gasteiger charge is 2.34. The third kappa shape index (κ3) is 2.83. The van der Waals surface area contributed by atoms with Crippen LogP contribution in [0.15, 0.2) is 10.8 Å². The summed E-state index contributed by atoms with van der Waals surface area (Å²) in [7, 11) is 0. The van der Waals surface area contributed by atoms with Gasteiger partial charge in [-0.1, -0.05) is 0 Å². The molecule has 1 aliphatic rings. The normalized spacial score (nSPS) is 16.5. The molecule has 1 aromatic heterocycles. The summed E-state index contributed by atoms with van der Waals surface area (Å²) in [6.45, 7) is 1.64. The van der Waals surface area contributed by atoms with E-state index in [9.17, 15) is 9.59 Å². The Hall–Kier alpha value is -1.85. The van der Waals surface area contributed by atoms with Gasteiger partial charge in [-0.25, -0.2) is 4.98 Å². The fraction of sp³-hybridized carbons (Fsp3) is 0.545. The number of hydrogen-bond donors (Lipinski definition) is 2. The first kappa shape index (κ1) is 11.6. The highest BCUT2D eigenvalue weighted by atomic mass is 16.4. The first-order chi connectivity index (χ1) is 8.08. The van der Waals surface area contributed by atoms with Crippen LogP contribution < -0.4 is 5.32 Å². The van der Waals surface area contributed by atoms with Gasteiger partial charge >= 0.3 is 5.97 Å². The first-order valence-electron chi connectivity index (χ1n) is 5.50. The van der Waals surface area contributed by atoms with E-state index in [1.54, 1.807) is 6.92 Å². The number of carboxylic acid groups (broad SMARTS) is 1. The molecule has 6 heteroatoms. The third-order valence-corrected chi connectivity index (χ3v) is 2.86. The average molecular weight is 238 g/mol. The number of carbonyl (C=O) groups excluding carboxylic acids is 1. The van der Waals surface area contributed by atoms with Gasteiger partial charge in [0.05, 0.1) is 6.42 Å². The molecule has 1 atom stereocenters. The topological polar surface area (TPSA) is 92.4 Å². The predicted molar refractivity (Wildman–Crippen MR) is 57.5 cm³/mol. The molecular formula is C11H14N2O4. The van der Waals surface area contributed by atoms with E-state index < -0.39 is 5.97 Å². The number of amides is 1. The van der Waals surface area contributed by atoms with Crippen molar-refractivity contribution in [2.24, 2.45) is 5.92 Å². The quantitative estimate of drug-likeness (QED) is 0.797. The van der Waals surface area contributed by atoms with Crippen molar-refractivity contribution in [3.05, 3.63) is 17.8 Å². The Labute approximate surface area is 98.0 Å². The molecule has 0 aliphatic heterocycles. The lowest BCUT2D eigenvalue weighted by Gasteiger charge is -2.15. The van der Waals surface area contributed by atoms with E-state index in [4.69, 9.17) is 9.52 Å². The average Bonchev–Trinajstić information content (AvgIpc) is 3.00. The Kier molecular flexibility index (Phi) is 3.12. The number of hydrogen-bond acceptors (Lipinski definition) is 4. The van der Waals surface area contributed by atoms with Crippen molar-refractivity contribution >= 4 is 11.9 Å². The van der Waals surface area contributed by atoms with Crippen molar-refractivity contribution < 1.29 is 19.1 Å². The molecule has 0 bridgehead atoms. The van der Waals surface area contributed by atoms with Crippen molar-refractivity contribution in [3.8, 4) is 0 Å². The minimum atomic E-state index is -0.904. The summed E-state index contributed by atoms with van der Waals surface area (Å²) in [6.07, 6.45) is 3.09. The van der Waals surface area contributed by atoms with Gasteiger partial charge in [0, 0.05) is 6.04 Å². The number of aryl methyl sites for hydroxylation is 1. The molecule has 17 heavy (non-hydrogen) atoms. The van der Waals surface area contributed by atoms with Gasteiger partial charge in [-0.05, 0) is 25.7 Å². The van der Waals surface area contributed by atoms with Crippen molar-refractivity contribution in [1.29, 1.82) is 0 Å². The zero-order valence-electron chi connectivity index (χ0n) is 9.47. The fourth-order valence-corrected chi connectivity index (χ4v) is 1.78. The van der Waals surface area contributed by atoms with E-state index in [-0.39, 0.29) is 30.0 Å². The summed E-state index contributed by atoms with van der Waals surface area (Å²) in [5, 5.41) is 11.5. The molecule has 2 N–H and O–H groups in total. The maximum Gasteiger partial charge on any atom is 0.305 e. The summed E-state index contributed by atoms with van der Waals surface area (Å²) in [6, 6.07) is -0.309. The summed E-state index contributed by atoms with van der Waals surface area (Å²) < 4.78 is 4.94. The molecule has 0 spiro atoms. The monoisotopic (exact) mass is 238 g/mol. The van der Waals surface area contributed by atoms with Gasteiger partial charge in [0.1, 0.15) is 5.76 Å². The second-order valence-electron chi connectivity index (χ2n) is 4.27. The SMILES string of the molecule is Cc1ocnc1C(=O)N[C@@H](CC(=O)O)C1CC1. The molecule has 1 amide bonds. The second-order valence-corrected chi connectivity index (χ2v) is 4.27. The smallest absolute Gasteiger partial charge is 0.305 e. The van der Waals surface area contributed by atoms with Crippen LogP contribution in [0.1, 0.15) is 35.5 Å². The largest absolute Gasteiger partial charge is 0.481 e. The van der Waals surface area contributed by atoms with Crippen LogP contribution in [-0.4, -0.2) is 28.0 Å². The van der Waals surface area contributed by atoms with Crippen LogP contribution >= 0.6 is 0 Å². The second kappa shape index (κ2) is 4.57. The van der Waals surface area contributed by atoms with E-state index >= 15 is 0 Å². The number of nitrogens with one attached hydrogen (secondary N) is 1. The van der Waals surface area contributed by atoms with E-state index in [0.29, 0.717) is 5.76 Å². The minimum Gasteiger partial charge on any atom is -0.481 e. The Balaban J connectivity index is 2.00. The van der Waals surface area contributed by atoms with Crippen molar-refractivity contribution in [1.82, 2.24) is 10.3 Å². The molecule has 1 heterocycles. The van der Waals surface area contributed by atoms with Crippen LogP contribution in [-0.2, 0) is 4.79 Å². The molecule has 2 rings (SSSR count). The van der Waals surface area contributed by atoms with Gasteiger partial charge in [-0.3, -0.25) is 9.59 Å². The van der Waals surface area contributed by atoms with E-state index in [1.165, 1.54) is 6.39 Å². The van der Waals surface area contributed by atoms with E-state index in [0.717, 1.165) is 12.8 Å². The molecule has 1 aliphatic carbocycles. The van der Waals surface area contributed by atoms with Crippen LogP contribution in [0.25, 0.3) is 0 Å². The Morgan fingerprint density at radius 2 is 2.35 bits per heavy atom. The molecule has 0 radical (unpaired) electrons. The number of rotatable bonds is 5. The molecule has 1 aromatic rings.